The minimum absolute atomic E-state index is 0.0178. The van der Waals surface area contributed by atoms with Crippen molar-refractivity contribution in [2.75, 3.05) is 26.7 Å². The van der Waals surface area contributed by atoms with Gasteiger partial charge in [0.15, 0.2) is 0 Å². The summed E-state index contributed by atoms with van der Waals surface area (Å²) in [5.41, 5.74) is 0.0178. The van der Waals surface area contributed by atoms with Gasteiger partial charge in [-0.3, -0.25) is 4.79 Å². The number of carbonyl (C=O) groups excluding carboxylic acids is 1. The lowest BCUT2D eigenvalue weighted by molar-refractivity contribution is 0.0529. The predicted molar refractivity (Wildman–Crippen MR) is 66.1 cm³/mol. The maximum absolute atomic E-state index is 13.6. The van der Waals surface area contributed by atoms with Gasteiger partial charge in [-0.1, -0.05) is 0 Å². The molecule has 1 N–H and O–H groups in total. The van der Waals surface area contributed by atoms with Crippen LogP contribution < -0.4 is 0 Å². The van der Waals surface area contributed by atoms with Crippen LogP contribution in [0, 0.1) is 5.82 Å². The van der Waals surface area contributed by atoms with E-state index < -0.39 is 5.82 Å². The largest absolute Gasteiger partial charge is 0.508 e. The fourth-order valence-electron chi connectivity index (χ4n) is 2.27. The van der Waals surface area contributed by atoms with E-state index in [-0.39, 0.29) is 23.3 Å². The van der Waals surface area contributed by atoms with E-state index in [1.165, 1.54) is 12.1 Å². The first-order valence-corrected chi connectivity index (χ1v) is 5.97. The number of halogens is 1. The van der Waals surface area contributed by atoms with Crippen LogP contribution in [0.2, 0.25) is 0 Å². The third-order valence-corrected chi connectivity index (χ3v) is 3.27. The highest BCUT2D eigenvalue weighted by Gasteiger charge is 2.27. The molecule has 0 spiro atoms. The van der Waals surface area contributed by atoms with Crippen LogP contribution in [-0.4, -0.2) is 53.5 Å². The molecule has 1 aromatic carbocycles. The summed E-state index contributed by atoms with van der Waals surface area (Å²) in [6.07, 6.45) is 0. The molecule has 1 aliphatic heterocycles. The smallest absolute Gasteiger partial charge is 0.257 e. The second kappa shape index (κ2) is 4.94. The first-order chi connectivity index (χ1) is 8.49. The van der Waals surface area contributed by atoms with Crippen molar-refractivity contribution >= 4 is 5.91 Å². The summed E-state index contributed by atoms with van der Waals surface area (Å²) in [7, 11) is 2.00. The van der Waals surface area contributed by atoms with Crippen molar-refractivity contribution in [1.29, 1.82) is 0 Å². The molecule has 18 heavy (non-hydrogen) atoms. The maximum Gasteiger partial charge on any atom is 0.257 e. The van der Waals surface area contributed by atoms with Crippen LogP contribution in [0.25, 0.3) is 0 Å². The topological polar surface area (TPSA) is 43.8 Å². The zero-order valence-corrected chi connectivity index (χ0v) is 10.6. The van der Waals surface area contributed by atoms with E-state index in [0.717, 1.165) is 19.2 Å². The number of hydrogen-bond acceptors (Lipinski definition) is 3. The second-order valence-corrected chi connectivity index (χ2v) is 4.77. The monoisotopic (exact) mass is 252 g/mol. The van der Waals surface area contributed by atoms with Crippen molar-refractivity contribution in [1.82, 2.24) is 9.80 Å². The lowest BCUT2D eigenvalue weighted by Gasteiger charge is -2.38. The molecule has 4 nitrogen and oxygen atoms in total. The Labute approximate surface area is 106 Å². The average Bonchev–Trinajstić information content (AvgIpc) is 2.28. The molecule has 2 rings (SSSR count). The lowest BCUT2D eigenvalue weighted by Crippen LogP contribution is -2.52. The quantitative estimate of drug-likeness (QED) is 0.819. The van der Waals surface area contributed by atoms with Crippen LogP contribution in [0.15, 0.2) is 18.2 Å². The third-order valence-electron chi connectivity index (χ3n) is 3.27. The number of phenolic OH excluding ortho intramolecular Hbond substituents is 1. The molecule has 1 aliphatic rings. The number of aromatic hydroxyl groups is 1. The Balaban J connectivity index is 2.20. The van der Waals surface area contributed by atoms with Crippen LogP contribution in [0.5, 0.6) is 5.75 Å². The Kier molecular flexibility index (Phi) is 3.52. The number of nitrogens with zero attached hydrogens (tertiary/aromatic N) is 2. The molecule has 0 bridgehead atoms. The first-order valence-electron chi connectivity index (χ1n) is 5.97. The Bertz CT molecular complexity index is 464. The highest BCUT2D eigenvalue weighted by Crippen LogP contribution is 2.19. The molecular weight excluding hydrogens is 235 g/mol. The van der Waals surface area contributed by atoms with E-state index in [4.69, 9.17) is 5.11 Å². The number of piperazine rings is 1. The van der Waals surface area contributed by atoms with E-state index in [9.17, 15) is 9.18 Å². The van der Waals surface area contributed by atoms with Crippen molar-refractivity contribution in [2.24, 2.45) is 0 Å². The van der Waals surface area contributed by atoms with Gasteiger partial charge in [0.05, 0.1) is 5.56 Å². The van der Waals surface area contributed by atoms with Crippen molar-refractivity contribution in [3.05, 3.63) is 29.6 Å². The second-order valence-electron chi connectivity index (χ2n) is 4.77. The molecule has 1 amide bonds. The summed E-state index contributed by atoms with van der Waals surface area (Å²) < 4.78 is 13.6. The summed E-state index contributed by atoms with van der Waals surface area (Å²) in [5.74, 6) is -1.16. The molecular formula is C13H17FN2O2. The van der Waals surface area contributed by atoms with Gasteiger partial charge in [-0.15, -0.1) is 0 Å². The zero-order valence-electron chi connectivity index (χ0n) is 10.6. The predicted octanol–water partition coefficient (Wildman–Crippen LogP) is 1.31. The summed E-state index contributed by atoms with van der Waals surface area (Å²) >= 11 is 0. The first kappa shape index (κ1) is 12.8. The molecule has 1 saturated heterocycles. The summed E-state index contributed by atoms with van der Waals surface area (Å²) in [4.78, 5) is 16.1. The molecule has 1 aromatic rings. The van der Waals surface area contributed by atoms with E-state index in [1.807, 2.05) is 14.0 Å². The summed E-state index contributed by atoms with van der Waals surface area (Å²) in [5, 5.41) is 9.14. The Morgan fingerprint density at radius 1 is 1.44 bits per heavy atom. The Morgan fingerprint density at radius 3 is 2.78 bits per heavy atom. The van der Waals surface area contributed by atoms with Gasteiger partial charge in [0.25, 0.3) is 5.91 Å². The average molecular weight is 252 g/mol. The molecule has 0 aromatic heterocycles. The van der Waals surface area contributed by atoms with E-state index in [2.05, 4.69) is 4.90 Å². The van der Waals surface area contributed by atoms with Crippen molar-refractivity contribution in [3.63, 3.8) is 0 Å². The van der Waals surface area contributed by atoms with Gasteiger partial charge in [0.2, 0.25) is 0 Å². The van der Waals surface area contributed by atoms with Gasteiger partial charge in [0.1, 0.15) is 11.6 Å². The van der Waals surface area contributed by atoms with Crippen molar-refractivity contribution in [2.45, 2.75) is 13.0 Å². The summed E-state index contributed by atoms with van der Waals surface area (Å²) in [6, 6.07) is 3.69. The minimum Gasteiger partial charge on any atom is -0.508 e. The van der Waals surface area contributed by atoms with Gasteiger partial charge in [-0.25, -0.2) is 4.39 Å². The van der Waals surface area contributed by atoms with E-state index in [1.54, 1.807) is 4.90 Å². The standard InChI is InChI=1S/C13H17FN2O2/c1-9-8-15(2)5-6-16(9)13(18)11-4-3-10(17)7-12(11)14/h3-4,7,9,17H,5-6,8H2,1-2H3. The van der Waals surface area contributed by atoms with Crippen LogP contribution >= 0.6 is 0 Å². The molecule has 0 saturated carbocycles. The SMILES string of the molecule is CC1CN(C)CCN1C(=O)c1ccc(O)cc1F. The molecule has 0 aliphatic carbocycles. The van der Waals surface area contributed by atoms with E-state index in [0.29, 0.717) is 6.54 Å². The molecule has 1 unspecified atom stereocenters. The fraction of sp³-hybridized carbons (Fsp3) is 0.462. The van der Waals surface area contributed by atoms with Crippen molar-refractivity contribution < 1.29 is 14.3 Å². The third kappa shape index (κ3) is 2.46. The fourth-order valence-corrected chi connectivity index (χ4v) is 2.27. The van der Waals surface area contributed by atoms with Crippen LogP contribution in [0.4, 0.5) is 4.39 Å². The Morgan fingerprint density at radius 2 is 2.17 bits per heavy atom. The number of rotatable bonds is 1. The molecule has 1 heterocycles. The number of phenols is 1. The minimum atomic E-state index is -0.675. The van der Waals surface area contributed by atoms with Crippen LogP contribution in [0.3, 0.4) is 0 Å². The number of carbonyl (C=O) groups is 1. The van der Waals surface area contributed by atoms with Crippen LogP contribution in [-0.2, 0) is 0 Å². The molecule has 1 fully saturated rings. The summed E-state index contributed by atoms with van der Waals surface area (Å²) in [6.45, 7) is 4.11. The number of likely N-dealkylation sites (N-methyl/N-ethyl adjacent to an activating group) is 1. The number of hydrogen-bond donors (Lipinski definition) is 1. The lowest BCUT2D eigenvalue weighted by atomic mass is 10.1. The van der Waals surface area contributed by atoms with Gasteiger partial charge < -0.3 is 14.9 Å². The van der Waals surface area contributed by atoms with Crippen LogP contribution in [0.1, 0.15) is 17.3 Å². The highest BCUT2D eigenvalue weighted by atomic mass is 19.1. The Hall–Kier alpha value is -1.62. The zero-order chi connectivity index (χ0) is 13.3. The van der Waals surface area contributed by atoms with Gasteiger partial charge in [-0.05, 0) is 26.1 Å². The number of amides is 1. The van der Waals surface area contributed by atoms with Gasteiger partial charge in [0, 0.05) is 31.7 Å². The molecule has 1 atom stereocenters. The maximum atomic E-state index is 13.6. The molecule has 0 radical (unpaired) electrons. The van der Waals surface area contributed by atoms with Gasteiger partial charge in [-0.2, -0.15) is 0 Å². The highest BCUT2D eigenvalue weighted by molar-refractivity contribution is 5.95. The van der Waals surface area contributed by atoms with Gasteiger partial charge >= 0.3 is 0 Å². The number of benzene rings is 1. The molecule has 98 valence electrons. The molecule has 5 heteroatoms. The van der Waals surface area contributed by atoms with E-state index >= 15 is 0 Å². The van der Waals surface area contributed by atoms with Crippen molar-refractivity contribution in [3.8, 4) is 5.75 Å². The normalized spacial score (nSPS) is 21.1.